The fraction of sp³-hybridized carbons (Fsp3) is 0.500. The topological polar surface area (TPSA) is 54.2 Å². The number of nitrogens with one attached hydrogen (secondary N) is 1. The van der Waals surface area contributed by atoms with Crippen molar-refractivity contribution < 1.29 is 4.52 Å². The van der Waals surface area contributed by atoms with E-state index in [4.69, 9.17) is 4.52 Å². The van der Waals surface area contributed by atoms with E-state index in [1.165, 1.54) is 11.1 Å². The van der Waals surface area contributed by atoms with Gasteiger partial charge < -0.3 is 9.84 Å². The molecule has 1 aromatic heterocycles. The summed E-state index contributed by atoms with van der Waals surface area (Å²) in [7, 11) is 0. The molecule has 1 aliphatic rings. The Morgan fingerprint density at radius 2 is 2.14 bits per heavy atom. The Balaban J connectivity index is 1.76. The van der Waals surface area contributed by atoms with Crippen molar-refractivity contribution in [3.05, 3.63) is 47.1 Å². The van der Waals surface area contributed by atoms with Crippen LogP contribution in [-0.4, -0.2) is 34.7 Å². The van der Waals surface area contributed by atoms with Gasteiger partial charge >= 0.3 is 0 Å². The largest absolute Gasteiger partial charge is 0.338 e. The lowest BCUT2D eigenvalue weighted by Gasteiger charge is -2.35. The Kier molecular flexibility index (Phi) is 4.31. The van der Waals surface area contributed by atoms with Crippen LogP contribution in [0.15, 0.2) is 28.8 Å². The van der Waals surface area contributed by atoms with Crippen molar-refractivity contribution in [1.29, 1.82) is 0 Å². The molecule has 3 rings (SSSR count). The van der Waals surface area contributed by atoms with Crippen LogP contribution in [0.5, 0.6) is 0 Å². The van der Waals surface area contributed by atoms with Gasteiger partial charge in [0.2, 0.25) is 5.89 Å². The van der Waals surface area contributed by atoms with Gasteiger partial charge in [-0.25, -0.2) is 0 Å². The van der Waals surface area contributed by atoms with Gasteiger partial charge in [0.25, 0.3) is 0 Å². The van der Waals surface area contributed by atoms with E-state index in [2.05, 4.69) is 51.5 Å². The predicted molar refractivity (Wildman–Crippen MR) is 80.9 cm³/mol. The number of aryl methyl sites for hydroxylation is 2. The number of benzene rings is 1. The first-order chi connectivity index (χ1) is 10.3. The molecule has 1 saturated heterocycles. The molecule has 0 aliphatic carbocycles. The number of piperazine rings is 1. The number of rotatable bonds is 4. The van der Waals surface area contributed by atoms with E-state index in [1.807, 2.05) is 6.92 Å². The molecule has 1 fully saturated rings. The van der Waals surface area contributed by atoms with E-state index in [-0.39, 0.29) is 0 Å². The molecule has 2 aromatic rings. The highest BCUT2D eigenvalue weighted by molar-refractivity contribution is 5.25. The second-order valence-corrected chi connectivity index (χ2v) is 5.52. The lowest BCUT2D eigenvalue weighted by molar-refractivity contribution is 0.135. The molecule has 0 amide bonds. The molecule has 21 heavy (non-hydrogen) atoms. The standard InChI is InChI=1S/C16H22N4O/c1-3-13-4-6-14(7-5-13)15-10-17-8-9-20(15)11-16-18-12(2)19-21-16/h4-7,15,17H,3,8-11H2,1-2H3. The van der Waals surface area contributed by atoms with Gasteiger partial charge in [-0.1, -0.05) is 36.3 Å². The molecule has 5 heteroatoms. The summed E-state index contributed by atoms with van der Waals surface area (Å²) in [6, 6.07) is 9.28. The van der Waals surface area contributed by atoms with Gasteiger partial charge in [0, 0.05) is 25.7 Å². The number of nitrogens with zero attached hydrogens (tertiary/aromatic N) is 3. The molecule has 1 N–H and O–H groups in total. The van der Waals surface area contributed by atoms with Crippen molar-refractivity contribution in [2.24, 2.45) is 0 Å². The monoisotopic (exact) mass is 286 g/mol. The van der Waals surface area contributed by atoms with Crippen LogP contribution < -0.4 is 5.32 Å². The summed E-state index contributed by atoms with van der Waals surface area (Å²) in [5, 5.41) is 7.35. The first-order valence-electron chi connectivity index (χ1n) is 7.59. The average Bonchev–Trinajstić information content (AvgIpc) is 2.93. The van der Waals surface area contributed by atoms with Crippen molar-refractivity contribution in [3.8, 4) is 0 Å². The van der Waals surface area contributed by atoms with Crippen LogP contribution in [0.2, 0.25) is 0 Å². The zero-order chi connectivity index (χ0) is 14.7. The SMILES string of the molecule is CCc1ccc(C2CNCCN2Cc2nc(C)no2)cc1. The van der Waals surface area contributed by atoms with E-state index in [9.17, 15) is 0 Å². The molecular formula is C16H22N4O. The minimum atomic E-state index is 0.358. The van der Waals surface area contributed by atoms with Crippen molar-refractivity contribution >= 4 is 0 Å². The van der Waals surface area contributed by atoms with E-state index >= 15 is 0 Å². The highest BCUT2D eigenvalue weighted by atomic mass is 16.5. The summed E-state index contributed by atoms with van der Waals surface area (Å²) in [6.07, 6.45) is 1.08. The Morgan fingerprint density at radius 1 is 1.33 bits per heavy atom. The molecule has 1 aromatic carbocycles. The second-order valence-electron chi connectivity index (χ2n) is 5.52. The Hall–Kier alpha value is -1.72. The molecular weight excluding hydrogens is 264 g/mol. The Morgan fingerprint density at radius 3 is 2.81 bits per heavy atom. The van der Waals surface area contributed by atoms with E-state index in [0.717, 1.165) is 26.1 Å². The fourth-order valence-corrected chi connectivity index (χ4v) is 2.82. The lowest BCUT2D eigenvalue weighted by Crippen LogP contribution is -2.45. The molecule has 1 atom stereocenters. The summed E-state index contributed by atoms with van der Waals surface area (Å²) in [4.78, 5) is 6.73. The molecule has 1 aliphatic heterocycles. The first-order valence-corrected chi connectivity index (χ1v) is 7.59. The zero-order valence-electron chi connectivity index (χ0n) is 12.7. The number of hydrogen-bond acceptors (Lipinski definition) is 5. The zero-order valence-corrected chi connectivity index (χ0v) is 12.7. The van der Waals surface area contributed by atoms with Crippen LogP contribution in [-0.2, 0) is 13.0 Å². The summed E-state index contributed by atoms with van der Waals surface area (Å²) >= 11 is 0. The minimum absolute atomic E-state index is 0.358. The highest BCUT2D eigenvalue weighted by Crippen LogP contribution is 2.24. The maximum absolute atomic E-state index is 5.26. The number of hydrogen-bond donors (Lipinski definition) is 1. The minimum Gasteiger partial charge on any atom is -0.338 e. The molecule has 5 nitrogen and oxygen atoms in total. The van der Waals surface area contributed by atoms with Gasteiger partial charge in [-0.2, -0.15) is 4.98 Å². The van der Waals surface area contributed by atoms with Crippen molar-refractivity contribution in [2.45, 2.75) is 32.9 Å². The van der Waals surface area contributed by atoms with Gasteiger partial charge in [-0.3, -0.25) is 4.90 Å². The normalized spacial score (nSPS) is 19.8. The quantitative estimate of drug-likeness (QED) is 0.932. The maximum atomic E-state index is 5.26. The van der Waals surface area contributed by atoms with Crippen LogP contribution in [0, 0.1) is 6.92 Å². The molecule has 0 bridgehead atoms. The van der Waals surface area contributed by atoms with Gasteiger partial charge in [0.1, 0.15) is 0 Å². The molecule has 0 saturated carbocycles. The van der Waals surface area contributed by atoms with Gasteiger partial charge in [-0.05, 0) is 24.5 Å². The lowest BCUT2D eigenvalue weighted by atomic mass is 10.0. The summed E-state index contributed by atoms with van der Waals surface area (Å²) in [5.41, 5.74) is 2.72. The van der Waals surface area contributed by atoms with E-state index < -0.39 is 0 Å². The number of aromatic nitrogens is 2. The second kappa shape index (κ2) is 6.37. The summed E-state index contributed by atoms with van der Waals surface area (Å²) in [5.74, 6) is 1.40. The Labute approximate surface area is 125 Å². The molecule has 112 valence electrons. The van der Waals surface area contributed by atoms with Crippen LogP contribution in [0.3, 0.4) is 0 Å². The third-order valence-corrected chi connectivity index (χ3v) is 4.03. The fourth-order valence-electron chi connectivity index (χ4n) is 2.82. The molecule has 2 heterocycles. The average molecular weight is 286 g/mol. The third kappa shape index (κ3) is 3.31. The molecule has 0 radical (unpaired) electrons. The van der Waals surface area contributed by atoms with Crippen LogP contribution in [0.25, 0.3) is 0 Å². The summed E-state index contributed by atoms with van der Waals surface area (Å²) in [6.45, 7) is 7.69. The summed E-state index contributed by atoms with van der Waals surface area (Å²) < 4.78 is 5.26. The first kappa shape index (κ1) is 14.2. The van der Waals surface area contributed by atoms with Crippen molar-refractivity contribution in [2.75, 3.05) is 19.6 Å². The van der Waals surface area contributed by atoms with Crippen LogP contribution in [0.1, 0.15) is 35.8 Å². The molecule has 1 unspecified atom stereocenters. The van der Waals surface area contributed by atoms with Crippen molar-refractivity contribution in [1.82, 2.24) is 20.4 Å². The van der Waals surface area contributed by atoms with Gasteiger partial charge in [0.05, 0.1) is 6.54 Å². The predicted octanol–water partition coefficient (Wildman–Crippen LogP) is 2.09. The van der Waals surface area contributed by atoms with E-state index in [1.54, 1.807) is 0 Å². The smallest absolute Gasteiger partial charge is 0.240 e. The van der Waals surface area contributed by atoms with Crippen LogP contribution in [0.4, 0.5) is 0 Å². The Bertz CT molecular complexity index is 578. The molecule has 0 spiro atoms. The third-order valence-electron chi connectivity index (χ3n) is 4.03. The van der Waals surface area contributed by atoms with E-state index in [0.29, 0.717) is 24.3 Å². The highest BCUT2D eigenvalue weighted by Gasteiger charge is 2.25. The van der Waals surface area contributed by atoms with Gasteiger partial charge in [0.15, 0.2) is 5.82 Å². The maximum Gasteiger partial charge on any atom is 0.240 e. The van der Waals surface area contributed by atoms with Crippen LogP contribution >= 0.6 is 0 Å². The van der Waals surface area contributed by atoms with Gasteiger partial charge in [-0.15, -0.1) is 0 Å². The van der Waals surface area contributed by atoms with Crippen molar-refractivity contribution in [3.63, 3.8) is 0 Å².